The summed E-state index contributed by atoms with van der Waals surface area (Å²) >= 11 is 0. The lowest BCUT2D eigenvalue weighted by atomic mass is 10.1. The van der Waals surface area contributed by atoms with Crippen LogP contribution in [0.5, 0.6) is 17.2 Å². The van der Waals surface area contributed by atoms with Gasteiger partial charge in [-0.25, -0.2) is 0 Å². The lowest BCUT2D eigenvalue weighted by molar-refractivity contribution is 0.0883. The molecule has 0 aliphatic heterocycles. The molecule has 7 nitrogen and oxygen atoms in total. The predicted octanol–water partition coefficient (Wildman–Crippen LogP) is 4.99. The summed E-state index contributed by atoms with van der Waals surface area (Å²) in [6.07, 6.45) is 0.175. The van der Waals surface area contributed by atoms with Crippen LogP contribution in [0.4, 0.5) is 0 Å². The molecule has 0 heterocycles. The van der Waals surface area contributed by atoms with Crippen LogP contribution in [0.1, 0.15) is 52.7 Å². The standard InChI is InChI=1S/C28H32N2O5/c1-19(2)15-16-35-23-13-11-20(12-14-23)26(29-27(31)21-7-5-9-24(17-21)33-3)30-28(32)22-8-6-10-25(18-22)34-4/h5-14,17-19,26H,15-16H2,1-4H3,(H,29,31)(H,30,32). The van der Waals surface area contributed by atoms with Gasteiger partial charge in [-0.05, 0) is 66.4 Å². The first-order valence-electron chi connectivity index (χ1n) is 11.5. The van der Waals surface area contributed by atoms with E-state index < -0.39 is 6.17 Å². The van der Waals surface area contributed by atoms with Gasteiger partial charge in [0.1, 0.15) is 23.4 Å². The fourth-order valence-electron chi connectivity index (χ4n) is 3.33. The summed E-state index contributed by atoms with van der Waals surface area (Å²) in [5.41, 5.74) is 1.53. The fraction of sp³-hybridized carbons (Fsp3) is 0.286. The first-order chi connectivity index (χ1) is 16.9. The number of methoxy groups -OCH3 is 2. The van der Waals surface area contributed by atoms with Gasteiger partial charge in [0.2, 0.25) is 0 Å². The molecule has 7 heteroatoms. The number of nitrogens with one attached hydrogen (secondary N) is 2. The van der Waals surface area contributed by atoms with Gasteiger partial charge in [-0.1, -0.05) is 38.1 Å². The van der Waals surface area contributed by atoms with Crippen LogP contribution in [0.2, 0.25) is 0 Å². The van der Waals surface area contributed by atoms with E-state index in [9.17, 15) is 9.59 Å². The molecular formula is C28H32N2O5. The Bertz CT molecular complexity index is 1070. The van der Waals surface area contributed by atoms with Crippen LogP contribution >= 0.6 is 0 Å². The second kappa shape index (κ2) is 12.5. The first-order valence-corrected chi connectivity index (χ1v) is 11.5. The lowest BCUT2D eigenvalue weighted by Crippen LogP contribution is -2.41. The van der Waals surface area contributed by atoms with Crippen molar-refractivity contribution in [2.45, 2.75) is 26.4 Å². The molecule has 0 radical (unpaired) electrons. The average molecular weight is 477 g/mol. The molecule has 35 heavy (non-hydrogen) atoms. The van der Waals surface area contributed by atoms with E-state index in [-0.39, 0.29) is 11.8 Å². The smallest absolute Gasteiger partial charge is 0.253 e. The molecule has 3 rings (SSSR count). The van der Waals surface area contributed by atoms with Crippen molar-refractivity contribution in [1.29, 1.82) is 0 Å². The molecule has 0 fully saturated rings. The minimum atomic E-state index is -0.780. The summed E-state index contributed by atoms with van der Waals surface area (Å²) in [4.78, 5) is 26.0. The number of hydrogen-bond donors (Lipinski definition) is 2. The maximum Gasteiger partial charge on any atom is 0.253 e. The van der Waals surface area contributed by atoms with Gasteiger partial charge in [0.15, 0.2) is 0 Å². The molecule has 0 atom stereocenters. The van der Waals surface area contributed by atoms with Crippen LogP contribution in [-0.4, -0.2) is 32.6 Å². The van der Waals surface area contributed by atoms with Crippen molar-refractivity contribution in [2.24, 2.45) is 5.92 Å². The van der Waals surface area contributed by atoms with E-state index in [2.05, 4.69) is 24.5 Å². The van der Waals surface area contributed by atoms with Crippen LogP contribution in [0, 0.1) is 5.92 Å². The maximum atomic E-state index is 13.0. The average Bonchev–Trinajstić information content (AvgIpc) is 2.88. The van der Waals surface area contributed by atoms with Crippen LogP contribution < -0.4 is 24.8 Å². The molecule has 0 aromatic heterocycles. The normalized spacial score (nSPS) is 10.7. The molecule has 3 aromatic rings. The van der Waals surface area contributed by atoms with Crippen molar-refractivity contribution in [3.05, 3.63) is 89.5 Å². The first kappa shape index (κ1) is 25.6. The second-order valence-electron chi connectivity index (χ2n) is 8.44. The van der Waals surface area contributed by atoms with Crippen molar-refractivity contribution in [1.82, 2.24) is 10.6 Å². The molecule has 2 amide bonds. The van der Waals surface area contributed by atoms with Crippen LogP contribution in [-0.2, 0) is 0 Å². The molecule has 3 aromatic carbocycles. The van der Waals surface area contributed by atoms with E-state index in [1.807, 2.05) is 24.3 Å². The van der Waals surface area contributed by atoms with Gasteiger partial charge in [0.05, 0.1) is 20.8 Å². The Balaban J connectivity index is 1.81. The number of carbonyl (C=O) groups is 2. The van der Waals surface area contributed by atoms with Crippen LogP contribution in [0.15, 0.2) is 72.8 Å². The van der Waals surface area contributed by atoms with Gasteiger partial charge in [0, 0.05) is 11.1 Å². The second-order valence-corrected chi connectivity index (χ2v) is 8.44. The third kappa shape index (κ3) is 7.50. The molecule has 0 saturated carbocycles. The summed E-state index contributed by atoms with van der Waals surface area (Å²) in [6.45, 7) is 4.92. The van der Waals surface area contributed by atoms with Gasteiger partial charge >= 0.3 is 0 Å². The number of carbonyl (C=O) groups excluding carboxylic acids is 2. The zero-order valence-corrected chi connectivity index (χ0v) is 20.5. The van der Waals surface area contributed by atoms with Gasteiger partial charge < -0.3 is 24.8 Å². The monoisotopic (exact) mass is 476 g/mol. The number of amides is 2. The minimum absolute atomic E-state index is 0.350. The minimum Gasteiger partial charge on any atom is -0.497 e. The highest BCUT2D eigenvalue weighted by molar-refractivity contribution is 5.97. The SMILES string of the molecule is COc1cccc(C(=O)NC(NC(=O)c2cccc(OC)c2)c2ccc(OCCC(C)C)cc2)c1. The van der Waals surface area contributed by atoms with E-state index in [4.69, 9.17) is 14.2 Å². The molecule has 0 saturated heterocycles. The number of rotatable bonds is 11. The van der Waals surface area contributed by atoms with Crippen molar-refractivity contribution in [3.8, 4) is 17.2 Å². The third-order valence-electron chi connectivity index (χ3n) is 5.39. The Hall–Kier alpha value is -4.00. The predicted molar refractivity (Wildman–Crippen MR) is 135 cm³/mol. The number of hydrogen-bond acceptors (Lipinski definition) is 5. The van der Waals surface area contributed by atoms with Crippen molar-refractivity contribution in [3.63, 3.8) is 0 Å². The van der Waals surface area contributed by atoms with Crippen molar-refractivity contribution >= 4 is 11.8 Å². The Morgan fingerprint density at radius 1 is 0.743 bits per heavy atom. The number of ether oxygens (including phenoxy) is 3. The highest BCUT2D eigenvalue weighted by atomic mass is 16.5. The van der Waals surface area contributed by atoms with Gasteiger partial charge in [-0.15, -0.1) is 0 Å². The fourth-order valence-corrected chi connectivity index (χ4v) is 3.33. The topological polar surface area (TPSA) is 85.9 Å². The molecule has 0 aliphatic carbocycles. The Morgan fingerprint density at radius 2 is 1.26 bits per heavy atom. The van der Waals surface area contributed by atoms with E-state index in [0.717, 1.165) is 12.2 Å². The zero-order chi connectivity index (χ0) is 25.2. The largest absolute Gasteiger partial charge is 0.497 e. The zero-order valence-electron chi connectivity index (χ0n) is 20.5. The Labute approximate surface area is 206 Å². The molecule has 2 N–H and O–H groups in total. The summed E-state index contributed by atoms with van der Waals surface area (Å²) in [7, 11) is 3.08. The number of benzene rings is 3. The molecular weight excluding hydrogens is 444 g/mol. The van der Waals surface area contributed by atoms with E-state index in [1.54, 1.807) is 62.8 Å². The molecule has 184 valence electrons. The maximum absolute atomic E-state index is 13.0. The van der Waals surface area contributed by atoms with E-state index >= 15 is 0 Å². The third-order valence-corrected chi connectivity index (χ3v) is 5.39. The summed E-state index contributed by atoms with van der Waals surface area (Å²) in [6, 6.07) is 21.0. The lowest BCUT2D eigenvalue weighted by Gasteiger charge is -2.21. The molecule has 0 spiro atoms. The summed E-state index contributed by atoms with van der Waals surface area (Å²) in [5, 5.41) is 5.82. The van der Waals surface area contributed by atoms with Gasteiger partial charge in [-0.3, -0.25) is 9.59 Å². The van der Waals surface area contributed by atoms with Crippen LogP contribution in [0.25, 0.3) is 0 Å². The quantitative estimate of drug-likeness (QED) is 0.381. The Kier molecular flexibility index (Phi) is 9.12. The van der Waals surface area contributed by atoms with Crippen molar-refractivity contribution in [2.75, 3.05) is 20.8 Å². The van der Waals surface area contributed by atoms with E-state index in [1.165, 1.54) is 0 Å². The Morgan fingerprint density at radius 3 is 1.71 bits per heavy atom. The van der Waals surface area contributed by atoms with Gasteiger partial charge in [0.25, 0.3) is 11.8 Å². The molecule has 0 unspecified atom stereocenters. The highest BCUT2D eigenvalue weighted by Crippen LogP contribution is 2.20. The summed E-state index contributed by atoms with van der Waals surface area (Å²) in [5.74, 6) is 1.72. The molecule has 0 aliphatic rings. The highest BCUT2D eigenvalue weighted by Gasteiger charge is 2.20. The summed E-state index contributed by atoms with van der Waals surface area (Å²) < 4.78 is 16.2. The molecule has 0 bridgehead atoms. The van der Waals surface area contributed by atoms with Crippen LogP contribution in [0.3, 0.4) is 0 Å². The van der Waals surface area contributed by atoms with E-state index in [0.29, 0.717) is 40.7 Å². The van der Waals surface area contributed by atoms with Gasteiger partial charge in [-0.2, -0.15) is 0 Å². The van der Waals surface area contributed by atoms with Crippen molar-refractivity contribution < 1.29 is 23.8 Å².